The lowest BCUT2D eigenvalue weighted by atomic mass is 10.0. The fourth-order valence-electron chi connectivity index (χ4n) is 4.17. The van der Waals surface area contributed by atoms with Gasteiger partial charge in [0.2, 0.25) is 5.91 Å². The molecule has 0 fully saturated rings. The Bertz CT molecular complexity index is 1210. The maximum atomic E-state index is 12.5. The summed E-state index contributed by atoms with van der Waals surface area (Å²) in [6, 6.07) is 26.4. The molecule has 0 saturated heterocycles. The van der Waals surface area contributed by atoms with E-state index in [1.54, 1.807) is 0 Å². The van der Waals surface area contributed by atoms with Crippen LogP contribution in [0.1, 0.15) is 49.6 Å². The van der Waals surface area contributed by atoms with Crippen LogP contribution in [0.3, 0.4) is 0 Å². The zero-order chi connectivity index (χ0) is 23.8. The van der Waals surface area contributed by atoms with Gasteiger partial charge >= 0.3 is 0 Å². The maximum Gasteiger partial charge on any atom is 0.220 e. The number of amides is 1. The van der Waals surface area contributed by atoms with E-state index in [-0.39, 0.29) is 5.91 Å². The average Bonchev–Trinajstić information content (AvgIpc) is 3.22. The predicted octanol–water partition coefficient (Wildman–Crippen LogP) is 5.88. The molecule has 0 saturated carbocycles. The highest BCUT2D eigenvalue weighted by Gasteiger charge is 2.12. The summed E-state index contributed by atoms with van der Waals surface area (Å²) >= 11 is 0. The Labute approximate surface area is 201 Å². The number of fused-ring (bicyclic) bond motifs is 1. The van der Waals surface area contributed by atoms with Crippen LogP contribution in [0.4, 0.5) is 0 Å². The Morgan fingerprint density at radius 1 is 0.971 bits per heavy atom. The highest BCUT2D eigenvalue weighted by Crippen LogP contribution is 2.26. The molecule has 1 heterocycles. The van der Waals surface area contributed by atoms with E-state index in [0.29, 0.717) is 25.5 Å². The van der Waals surface area contributed by atoms with Gasteiger partial charge in [-0.2, -0.15) is 0 Å². The molecule has 176 valence electrons. The van der Waals surface area contributed by atoms with E-state index in [9.17, 15) is 4.79 Å². The normalized spacial score (nSPS) is 11.1. The van der Waals surface area contributed by atoms with Crippen LogP contribution in [-0.2, 0) is 24.3 Å². The van der Waals surface area contributed by atoms with Gasteiger partial charge in [-0.3, -0.25) is 4.79 Å². The number of aromatic nitrogens is 2. The van der Waals surface area contributed by atoms with Gasteiger partial charge in [0.15, 0.2) is 0 Å². The lowest BCUT2D eigenvalue weighted by molar-refractivity contribution is -0.121. The van der Waals surface area contributed by atoms with Crippen molar-refractivity contribution in [2.75, 3.05) is 6.61 Å². The van der Waals surface area contributed by atoms with Crippen molar-refractivity contribution in [2.45, 2.75) is 52.1 Å². The number of benzene rings is 3. The zero-order valence-electron chi connectivity index (χ0n) is 20.0. The van der Waals surface area contributed by atoms with E-state index in [2.05, 4.69) is 41.9 Å². The monoisotopic (exact) mass is 455 g/mol. The number of hydrogen-bond donors (Lipinski definition) is 1. The molecule has 0 aliphatic heterocycles. The first-order valence-corrected chi connectivity index (χ1v) is 12.1. The number of nitrogens with one attached hydrogen (secondary N) is 1. The summed E-state index contributed by atoms with van der Waals surface area (Å²) in [5.41, 5.74) is 4.43. The Morgan fingerprint density at radius 2 is 1.71 bits per heavy atom. The summed E-state index contributed by atoms with van der Waals surface area (Å²) < 4.78 is 8.32. The second-order valence-corrected chi connectivity index (χ2v) is 8.83. The van der Waals surface area contributed by atoms with Gasteiger partial charge < -0.3 is 14.6 Å². The Hall–Kier alpha value is -3.60. The van der Waals surface area contributed by atoms with Crippen LogP contribution in [0, 0.1) is 0 Å². The van der Waals surface area contributed by atoms with Crippen molar-refractivity contribution in [3.8, 4) is 5.75 Å². The molecule has 0 aliphatic rings. The molecule has 5 nitrogen and oxygen atoms in total. The van der Waals surface area contributed by atoms with Crippen LogP contribution in [-0.4, -0.2) is 22.1 Å². The van der Waals surface area contributed by atoms with Gasteiger partial charge in [0, 0.05) is 13.0 Å². The van der Waals surface area contributed by atoms with Gasteiger partial charge in [0.25, 0.3) is 0 Å². The second kappa shape index (κ2) is 11.5. The minimum Gasteiger partial charge on any atom is -0.493 e. The number of para-hydroxylation sites is 3. The molecule has 0 aliphatic carbocycles. The number of rotatable bonds is 11. The van der Waals surface area contributed by atoms with Crippen LogP contribution in [0.2, 0.25) is 0 Å². The summed E-state index contributed by atoms with van der Waals surface area (Å²) in [7, 11) is 0. The Balaban J connectivity index is 1.36. The van der Waals surface area contributed by atoms with E-state index in [1.165, 1.54) is 11.1 Å². The third-order valence-corrected chi connectivity index (χ3v) is 5.99. The highest BCUT2D eigenvalue weighted by atomic mass is 16.5. The molecule has 1 aromatic heterocycles. The third kappa shape index (κ3) is 6.04. The van der Waals surface area contributed by atoms with Crippen molar-refractivity contribution in [3.63, 3.8) is 0 Å². The zero-order valence-corrected chi connectivity index (χ0v) is 20.0. The minimum atomic E-state index is 0.0380. The third-order valence-electron chi connectivity index (χ3n) is 5.99. The molecule has 5 heteroatoms. The molecule has 0 radical (unpaired) electrons. The largest absolute Gasteiger partial charge is 0.493 e. The van der Waals surface area contributed by atoms with Crippen LogP contribution < -0.4 is 10.1 Å². The number of nitrogens with zero attached hydrogens (tertiary/aromatic N) is 2. The summed E-state index contributed by atoms with van der Waals surface area (Å²) in [5, 5.41) is 3.05. The number of aryl methyl sites for hydroxylation is 2. The molecule has 1 N–H and O–H groups in total. The smallest absolute Gasteiger partial charge is 0.220 e. The van der Waals surface area contributed by atoms with E-state index >= 15 is 0 Å². The standard InChI is InChI=1S/C29H33N3O2/c1-22(2)24-13-6-9-16-27(24)34-20-10-19-32-26-15-8-7-14-25(26)31-28(32)21-30-29(33)18-17-23-11-4-3-5-12-23/h3-9,11-16,22H,10,17-21H2,1-2H3,(H,30,33). The van der Waals surface area contributed by atoms with E-state index in [1.807, 2.05) is 60.7 Å². The first-order valence-electron chi connectivity index (χ1n) is 12.1. The molecule has 4 rings (SSSR count). The number of carbonyl (C=O) groups excluding carboxylic acids is 1. The molecule has 0 unspecified atom stereocenters. The molecule has 0 atom stereocenters. The van der Waals surface area contributed by atoms with Gasteiger partial charge in [-0.1, -0.05) is 74.5 Å². The molecule has 0 bridgehead atoms. The van der Waals surface area contributed by atoms with Crippen molar-refractivity contribution < 1.29 is 9.53 Å². The molecule has 34 heavy (non-hydrogen) atoms. The van der Waals surface area contributed by atoms with Gasteiger partial charge in [-0.15, -0.1) is 0 Å². The van der Waals surface area contributed by atoms with Crippen molar-refractivity contribution in [1.29, 1.82) is 0 Å². The Morgan fingerprint density at radius 3 is 2.53 bits per heavy atom. The maximum absolute atomic E-state index is 12.5. The molecule has 4 aromatic rings. The lowest BCUT2D eigenvalue weighted by Crippen LogP contribution is -2.25. The van der Waals surface area contributed by atoms with Gasteiger partial charge in [-0.05, 0) is 48.1 Å². The lowest BCUT2D eigenvalue weighted by Gasteiger charge is -2.15. The van der Waals surface area contributed by atoms with E-state index in [0.717, 1.165) is 42.0 Å². The van der Waals surface area contributed by atoms with Crippen LogP contribution in [0.5, 0.6) is 5.75 Å². The fraction of sp³-hybridized carbons (Fsp3) is 0.310. The number of imidazole rings is 1. The molecule has 0 spiro atoms. The molecule has 1 amide bonds. The van der Waals surface area contributed by atoms with Crippen molar-refractivity contribution in [3.05, 3.63) is 95.8 Å². The van der Waals surface area contributed by atoms with Crippen LogP contribution >= 0.6 is 0 Å². The van der Waals surface area contributed by atoms with Crippen molar-refractivity contribution in [2.24, 2.45) is 0 Å². The summed E-state index contributed by atoms with van der Waals surface area (Å²) in [4.78, 5) is 17.2. The van der Waals surface area contributed by atoms with Gasteiger partial charge in [-0.25, -0.2) is 4.98 Å². The SMILES string of the molecule is CC(C)c1ccccc1OCCCn1c(CNC(=O)CCc2ccccc2)nc2ccccc21. The van der Waals surface area contributed by atoms with E-state index in [4.69, 9.17) is 9.72 Å². The first kappa shape index (κ1) is 23.6. The van der Waals surface area contributed by atoms with Crippen molar-refractivity contribution >= 4 is 16.9 Å². The number of hydrogen-bond acceptors (Lipinski definition) is 3. The molecular weight excluding hydrogens is 422 g/mol. The average molecular weight is 456 g/mol. The topological polar surface area (TPSA) is 56.1 Å². The fourth-order valence-corrected chi connectivity index (χ4v) is 4.17. The second-order valence-electron chi connectivity index (χ2n) is 8.83. The summed E-state index contributed by atoms with van der Waals surface area (Å²) in [6.45, 7) is 6.18. The van der Waals surface area contributed by atoms with Crippen LogP contribution in [0.25, 0.3) is 11.0 Å². The predicted molar refractivity (Wildman–Crippen MR) is 137 cm³/mol. The van der Waals surface area contributed by atoms with Gasteiger partial charge in [0.05, 0.1) is 24.2 Å². The quantitative estimate of drug-likeness (QED) is 0.287. The first-order chi connectivity index (χ1) is 16.6. The Kier molecular flexibility index (Phi) is 7.97. The van der Waals surface area contributed by atoms with Crippen molar-refractivity contribution in [1.82, 2.24) is 14.9 Å². The molecular formula is C29H33N3O2. The number of ether oxygens (including phenoxy) is 1. The van der Waals surface area contributed by atoms with Gasteiger partial charge in [0.1, 0.15) is 11.6 Å². The summed E-state index contributed by atoms with van der Waals surface area (Å²) in [5.74, 6) is 2.29. The summed E-state index contributed by atoms with van der Waals surface area (Å²) in [6.07, 6.45) is 2.05. The minimum absolute atomic E-state index is 0.0380. The number of carbonyl (C=O) groups is 1. The highest BCUT2D eigenvalue weighted by molar-refractivity contribution is 5.77. The molecule has 3 aromatic carbocycles. The van der Waals surface area contributed by atoms with Crippen LogP contribution in [0.15, 0.2) is 78.9 Å². The van der Waals surface area contributed by atoms with E-state index < -0.39 is 0 Å².